The molecular formula is C20H26N2O4S. The molecule has 0 bridgehead atoms. The van der Waals surface area contributed by atoms with Crippen molar-refractivity contribution < 1.29 is 17.9 Å². The molecule has 0 radical (unpaired) electrons. The molecule has 0 unspecified atom stereocenters. The molecule has 0 atom stereocenters. The third-order valence-corrected chi connectivity index (χ3v) is 5.47. The van der Waals surface area contributed by atoms with Gasteiger partial charge in [-0.25, -0.2) is 13.1 Å². The fraction of sp³-hybridized carbons (Fsp3) is 0.350. The summed E-state index contributed by atoms with van der Waals surface area (Å²) in [7, 11) is -2.26. The summed E-state index contributed by atoms with van der Waals surface area (Å²) >= 11 is 0. The minimum absolute atomic E-state index is 0.0635. The first-order valence-corrected chi connectivity index (χ1v) is 10.2. The number of benzene rings is 2. The topological polar surface area (TPSA) is 84.5 Å². The van der Waals surface area contributed by atoms with E-state index in [4.69, 9.17) is 4.74 Å². The summed E-state index contributed by atoms with van der Waals surface area (Å²) in [4.78, 5) is 12.6. The maximum Gasteiger partial charge on any atom is 0.251 e. The zero-order valence-corrected chi connectivity index (χ0v) is 16.9. The van der Waals surface area contributed by atoms with Crippen LogP contribution >= 0.6 is 0 Å². The van der Waals surface area contributed by atoms with Crippen LogP contribution in [0.3, 0.4) is 0 Å². The van der Waals surface area contributed by atoms with Gasteiger partial charge in [0.25, 0.3) is 5.91 Å². The Morgan fingerprint density at radius 1 is 1.11 bits per heavy atom. The van der Waals surface area contributed by atoms with E-state index in [0.29, 0.717) is 24.3 Å². The first kappa shape index (κ1) is 21.1. The second-order valence-electron chi connectivity index (χ2n) is 6.55. The van der Waals surface area contributed by atoms with Crippen LogP contribution in [0.25, 0.3) is 0 Å². The van der Waals surface area contributed by atoms with Crippen molar-refractivity contribution in [3.05, 3.63) is 64.7 Å². The molecule has 2 aromatic carbocycles. The third-order valence-electron chi connectivity index (χ3n) is 4.06. The summed E-state index contributed by atoms with van der Waals surface area (Å²) in [6, 6.07) is 12.3. The number of nitrogens with one attached hydrogen (secondary N) is 2. The number of ether oxygens (including phenoxy) is 1. The number of carbonyl (C=O) groups excluding carboxylic acids is 1. The van der Waals surface area contributed by atoms with Crippen LogP contribution in [0, 0.1) is 6.92 Å². The van der Waals surface area contributed by atoms with E-state index < -0.39 is 10.0 Å². The van der Waals surface area contributed by atoms with Gasteiger partial charge in [-0.1, -0.05) is 30.3 Å². The highest BCUT2D eigenvalue weighted by Gasteiger charge is 2.16. The number of hydrogen-bond acceptors (Lipinski definition) is 4. The Morgan fingerprint density at radius 3 is 2.48 bits per heavy atom. The van der Waals surface area contributed by atoms with E-state index in [9.17, 15) is 13.2 Å². The van der Waals surface area contributed by atoms with Gasteiger partial charge >= 0.3 is 0 Å². The van der Waals surface area contributed by atoms with Crippen LogP contribution in [0.4, 0.5) is 0 Å². The van der Waals surface area contributed by atoms with Crippen molar-refractivity contribution >= 4 is 15.9 Å². The second kappa shape index (κ2) is 9.12. The van der Waals surface area contributed by atoms with Crippen LogP contribution < -0.4 is 10.0 Å². The van der Waals surface area contributed by atoms with Gasteiger partial charge in [-0.2, -0.15) is 0 Å². The molecule has 2 rings (SSSR count). The van der Waals surface area contributed by atoms with Crippen molar-refractivity contribution in [3.63, 3.8) is 0 Å². The maximum absolute atomic E-state index is 12.6. The fourth-order valence-electron chi connectivity index (χ4n) is 2.50. The zero-order valence-electron chi connectivity index (χ0n) is 16.1. The van der Waals surface area contributed by atoms with E-state index in [1.165, 1.54) is 19.2 Å². The highest BCUT2D eigenvalue weighted by molar-refractivity contribution is 7.89. The van der Waals surface area contributed by atoms with Crippen LogP contribution in [0.5, 0.6) is 0 Å². The monoisotopic (exact) mass is 390 g/mol. The van der Waals surface area contributed by atoms with Gasteiger partial charge in [0.2, 0.25) is 10.0 Å². The molecule has 0 aliphatic carbocycles. The van der Waals surface area contributed by atoms with Gasteiger partial charge in [-0.15, -0.1) is 0 Å². The van der Waals surface area contributed by atoms with Crippen molar-refractivity contribution in [1.29, 1.82) is 0 Å². The third kappa shape index (κ3) is 5.89. The van der Waals surface area contributed by atoms with Crippen LogP contribution in [-0.2, 0) is 27.9 Å². The Balaban J connectivity index is 2.10. The number of rotatable bonds is 8. The van der Waals surface area contributed by atoms with E-state index in [1.807, 2.05) is 38.1 Å². The van der Waals surface area contributed by atoms with E-state index in [0.717, 1.165) is 11.1 Å². The molecule has 0 saturated heterocycles. The molecule has 7 heteroatoms. The largest absolute Gasteiger partial charge is 0.374 e. The van der Waals surface area contributed by atoms with Crippen molar-refractivity contribution in [2.75, 3.05) is 7.05 Å². The van der Waals surface area contributed by atoms with E-state index in [1.54, 1.807) is 13.0 Å². The molecule has 0 aliphatic heterocycles. The molecule has 0 fully saturated rings. The Hall–Kier alpha value is -2.22. The molecule has 2 aromatic rings. The summed E-state index contributed by atoms with van der Waals surface area (Å²) in [5.74, 6) is -0.315. The number of amides is 1. The van der Waals surface area contributed by atoms with Crippen molar-refractivity contribution in [3.8, 4) is 0 Å². The molecule has 0 aromatic heterocycles. The van der Waals surface area contributed by atoms with Crippen LogP contribution in [0.1, 0.15) is 40.9 Å². The molecule has 146 valence electrons. The first-order valence-electron chi connectivity index (χ1n) is 8.74. The lowest BCUT2D eigenvalue weighted by atomic mass is 10.1. The van der Waals surface area contributed by atoms with E-state index in [2.05, 4.69) is 10.0 Å². The standard InChI is InChI=1S/C20H26N2O4S/c1-14(2)26-13-17-7-5-6-16(10-17)12-22-20(23)19-11-18(9-8-15(19)3)27(24,25)21-4/h5-11,14,21H,12-13H2,1-4H3,(H,22,23). The smallest absolute Gasteiger partial charge is 0.251 e. The lowest BCUT2D eigenvalue weighted by Crippen LogP contribution is -2.25. The van der Waals surface area contributed by atoms with Crippen molar-refractivity contribution in [2.24, 2.45) is 0 Å². The molecule has 1 amide bonds. The minimum atomic E-state index is -3.60. The van der Waals surface area contributed by atoms with E-state index >= 15 is 0 Å². The highest BCUT2D eigenvalue weighted by Crippen LogP contribution is 2.16. The summed E-state index contributed by atoms with van der Waals surface area (Å²) in [5.41, 5.74) is 3.03. The number of hydrogen-bond donors (Lipinski definition) is 2. The SMILES string of the molecule is CNS(=O)(=O)c1ccc(C)c(C(=O)NCc2cccc(COC(C)C)c2)c1. The van der Waals surface area contributed by atoms with Gasteiger partial charge in [-0.3, -0.25) is 4.79 Å². The van der Waals surface area contributed by atoms with Crippen molar-refractivity contribution in [1.82, 2.24) is 10.0 Å². The Morgan fingerprint density at radius 2 is 1.81 bits per heavy atom. The Labute approximate surface area is 161 Å². The predicted molar refractivity (Wildman–Crippen MR) is 105 cm³/mol. The van der Waals surface area contributed by atoms with Gasteiger partial charge in [0.1, 0.15) is 0 Å². The summed E-state index contributed by atoms with van der Waals surface area (Å²) in [6.45, 7) is 6.59. The normalized spacial score (nSPS) is 11.6. The van der Waals surface area contributed by atoms with Gasteiger partial charge in [-0.05, 0) is 56.6 Å². The van der Waals surface area contributed by atoms with Gasteiger partial charge < -0.3 is 10.1 Å². The van der Waals surface area contributed by atoms with Gasteiger partial charge in [0, 0.05) is 12.1 Å². The average Bonchev–Trinajstić information content (AvgIpc) is 2.65. The lowest BCUT2D eigenvalue weighted by molar-refractivity contribution is 0.0657. The van der Waals surface area contributed by atoms with Crippen LogP contribution in [-0.4, -0.2) is 27.5 Å². The molecule has 0 saturated carbocycles. The fourth-order valence-corrected chi connectivity index (χ4v) is 3.26. The van der Waals surface area contributed by atoms with Crippen LogP contribution in [0.2, 0.25) is 0 Å². The predicted octanol–water partition coefficient (Wildman–Crippen LogP) is 2.76. The average molecular weight is 391 g/mol. The quantitative estimate of drug-likeness (QED) is 0.726. The Kier molecular flexibility index (Phi) is 7.12. The van der Waals surface area contributed by atoms with Gasteiger partial charge in [0.15, 0.2) is 0 Å². The first-order chi connectivity index (χ1) is 12.7. The highest BCUT2D eigenvalue weighted by atomic mass is 32.2. The Bertz CT molecular complexity index is 908. The minimum Gasteiger partial charge on any atom is -0.374 e. The molecule has 0 aliphatic rings. The number of aryl methyl sites for hydroxylation is 1. The molecule has 27 heavy (non-hydrogen) atoms. The molecule has 0 heterocycles. The molecular weight excluding hydrogens is 364 g/mol. The van der Waals surface area contributed by atoms with Crippen LogP contribution in [0.15, 0.2) is 47.4 Å². The summed E-state index contributed by atoms with van der Waals surface area (Å²) in [6.07, 6.45) is 0.150. The number of carbonyl (C=O) groups is 1. The number of sulfonamides is 1. The zero-order chi connectivity index (χ0) is 20.0. The molecule has 6 nitrogen and oxygen atoms in total. The lowest BCUT2D eigenvalue weighted by Gasteiger charge is -2.11. The molecule has 0 spiro atoms. The summed E-state index contributed by atoms with van der Waals surface area (Å²) < 4.78 is 31.8. The maximum atomic E-state index is 12.6. The van der Waals surface area contributed by atoms with E-state index in [-0.39, 0.29) is 16.9 Å². The van der Waals surface area contributed by atoms with Crippen molar-refractivity contribution in [2.45, 2.75) is 44.9 Å². The molecule has 2 N–H and O–H groups in total. The van der Waals surface area contributed by atoms with Gasteiger partial charge in [0.05, 0.1) is 17.6 Å². The second-order valence-corrected chi connectivity index (χ2v) is 8.43. The summed E-state index contributed by atoms with van der Waals surface area (Å²) in [5, 5.41) is 2.85.